The Balaban J connectivity index is 3.58. The van der Waals surface area contributed by atoms with E-state index in [4.69, 9.17) is 5.11 Å². The zero-order valence-electron chi connectivity index (χ0n) is 8.87. The van der Waals surface area contributed by atoms with Crippen molar-refractivity contribution in [2.75, 3.05) is 20.6 Å². The van der Waals surface area contributed by atoms with E-state index in [0.29, 0.717) is 13.0 Å². The Labute approximate surface area is 79.9 Å². The molecule has 4 nitrogen and oxygen atoms in total. The Morgan fingerprint density at radius 1 is 1.46 bits per heavy atom. The number of hydrogen-bond donors (Lipinski definition) is 2. The Morgan fingerprint density at radius 3 is 2.38 bits per heavy atom. The molecule has 0 aliphatic rings. The molecular weight excluding hydrogens is 168 g/mol. The first-order chi connectivity index (χ1) is 5.93. The molecule has 0 aromatic rings. The molecule has 0 aliphatic carbocycles. The number of hydrogen-bond acceptors (Lipinski definition) is 3. The summed E-state index contributed by atoms with van der Waals surface area (Å²) in [6.45, 7) is 4.03. The zero-order valence-corrected chi connectivity index (χ0v) is 8.87. The van der Waals surface area contributed by atoms with E-state index in [-0.39, 0.29) is 18.1 Å². The highest BCUT2D eigenvalue weighted by Crippen LogP contribution is 1.95. The third kappa shape index (κ3) is 6.54. The smallest absolute Gasteiger partial charge is 0.236 e. The number of aliphatic hydroxyl groups excluding tert-OH is 1. The van der Waals surface area contributed by atoms with E-state index in [0.717, 1.165) is 0 Å². The highest BCUT2D eigenvalue weighted by Gasteiger charge is 2.08. The SMILES string of the molecule is CC(O)CC(C)NCC(=O)N(C)C. The summed E-state index contributed by atoms with van der Waals surface area (Å²) < 4.78 is 0. The van der Waals surface area contributed by atoms with Crippen LogP contribution in [0.3, 0.4) is 0 Å². The maximum atomic E-state index is 11.1. The van der Waals surface area contributed by atoms with Crippen molar-refractivity contribution in [2.45, 2.75) is 32.4 Å². The summed E-state index contributed by atoms with van der Waals surface area (Å²) in [7, 11) is 3.45. The van der Waals surface area contributed by atoms with Crippen molar-refractivity contribution < 1.29 is 9.90 Å². The molecule has 0 rings (SSSR count). The molecule has 0 heterocycles. The van der Waals surface area contributed by atoms with Gasteiger partial charge in [0.25, 0.3) is 0 Å². The van der Waals surface area contributed by atoms with Crippen LogP contribution < -0.4 is 5.32 Å². The third-order valence-corrected chi connectivity index (χ3v) is 1.80. The van der Waals surface area contributed by atoms with Crippen molar-refractivity contribution in [3.05, 3.63) is 0 Å². The standard InChI is InChI=1S/C9H20N2O2/c1-7(5-8(2)12)10-6-9(13)11(3)4/h7-8,10,12H,5-6H2,1-4H3. The van der Waals surface area contributed by atoms with Crippen LogP contribution >= 0.6 is 0 Å². The number of nitrogens with zero attached hydrogens (tertiary/aromatic N) is 1. The Morgan fingerprint density at radius 2 is 2.00 bits per heavy atom. The van der Waals surface area contributed by atoms with Crippen molar-refractivity contribution in [2.24, 2.45) is 0 Å². The molecule has 0 aromatic heterocycles. The van der Waals surface area contributed by atoms with E-state index in [1.165, 1.54) is 0 Å². The van der Waals surface area contributed by atoms with Gasteiger partial charge < -0.3 is 15.3 Å². The van der Waals surface area contributed by atoms with Crippen molar-refractivity contribution in [3.63, 3.8) is 0 Å². The first kappa shape index (κ1) is 12.4. The average molecular weight is 188 g/mol. The Hall–Kier alpha value is -0.610. The molecule has 0 radical (unpaired) electrons. The summed E-state index contributed by atoms with van der Waals surface area (Å²) in [6.07, 6.45) is 0.345. The van der Waals surface area contributed by atoms with Crippen LogP contribution in [0.1, 0.15) is 20.3 Å². The van der Waals surface area contributed by atoms with Gasteiger partial charge in [-0.25, -0.2) is 0 Å². The molecule has 2 atom stereocenters. The normalized spacial score (nSPS) is 15.2. The predicted molar refractivity (Wildman–Crippen MR) is 52.5 cm³/mol. The minimum atomic E-state index is -0.322. The van der Waals surface area contributed by atoms with Crippen LogP contribution in [0.2, 0.25) is 0 Å². The van der Waals surface area contributed by atoms with Gasteiger partial charge in [-0.2, -0.15) is 0 Å². The summed E-state index contributed by atoms with van der Waals surface area (Å²) in [6, 6.07) is 0.170. The van der Waals surface area contributed by atoms with Gasteiger partial charge in [0, 0.05) is 20.1 Å². The molecule has 13 heavy (non-hydrogen) atoms. The topological polar surface area (TPSA) is 52.6 Å². The van der Waals surface area contributed by atoms with Crippen LogP contribution in [0.25, 0.3) is 0 Å². The number of amides is 1. The molecular formula is C9H20N2O2. The van der Waals surface area contributed by atoms with E-state index in [1.54, 1.807) is 25.9 Å². The van der Waals surface area contributed by atoms with Crippen LogP contribution in [0.5, 0.6) is 0 Å². The quantitative estimate of drug-likeness (QED) is 0.629. The van der Waals surface area contributed by atoms with E-state index in [2.05, 4.69) is 5.32 Å². The largest absolute Gasteiger partial charge is 0.393 e. The van der Waals surface area contributed by atoms with E-state index in [1.807, 2.05) is 6.92 Å². The molecule has 0 aliphatic heterocycles. The van der Waals surface area contributed by atoms with Gasteiger partial charge in [-0.05, 0) is 20.3 Å². The average Bonchev–Trinajstić information content (AvgIpc) is 1.98. The second-order valence-electron chi connectivity index (χ2n) is 3.65. The van der Waals surface area contributed by atoms with Crippen LogP contribution in [-0.4, -0.2) is 48.7 Å². The molecule has 0 spiro atoms. The lowest BCUT2D eigenvalue weighted by Crippen LogP contribution is -2.38. The monoisotopic (exact) mass is 188 g/mol. The van der Waals surface area contributed by atoms with Gasteiger partial charge in [-0.1, -0.05) is 0 Å². The molecule has 0 saturated heterocycles. The van der Waals surface area contributed by atoms with Gasteiger partial charge in [-0.15, -0.1) is 0 Å². The zero-order chi connectivity index (χ0) is 10.4. The predicted octanol–water partition coefficient (Wildman–Crippen LogP) is -0.176. The summed E-state index contributed by atoms with van der Waals surface area (Å²) in [5, 5.41) is 12.1. The number of carbonyl (C=O) groups is 1. The first-order valence-corrected chi connectivity index (χ1v) is 4.55. The minimum absolute atomic E-state index is 0.0532. The molecule has 2 unspecified atom stereocenters. The fourth-order valence-corrected chi connectivity index (χ4v) is 1.01. The number of likely N-dealkylation sites (N-methyl/N-ethyl adjacent to an activating group) is 1. The Kier molecular flexibility index (Phi) is 5.66. The molecule has 0 bridgehead atoms. The lowest BCUT2D eigenvalue weighted by atomic mass is 10.1. The molecule has 1 amide bonds. The second-order valence-corrected chi connectivity index (χ2v) is 3.65. The lowest BCUT2D eigenvalue weighted by molar-refractivity contribution is -0.127. The van der Waals surface area contributed by atoms with Crippen molar-refractivity contribution in [1.29, 1.82) is 0 Å². The van der Waals surface area contributed by atoms with E-state index < -0.39 is 0 Å². The van der Waals surface area contributed by atoms with Crippen LogP contribution in [0.4, 0.5) is 0 Å². The van der Waals surface area contributed by atoms with Gasteiger partial charge in [0.2, 0.25) is 5.91 Å². The highest BCUT2D eigenvalue weighted by molar-refractivity contribution is 5.77. The van der Waals surface area contributed by atoms with E-state index in [9.17, 15) is 4.79 Å². The molecule has 0 aromatic carbocycles. The summed E-state index contributed by atoms with van der Waals surface area (Å²) >= 11 is 0. The molecule has 4 heteroatoms. The number of aliphatic hydroxyl groups is 1. The molecule has 78 valence electrons. The summed E-state index contributed by atoms with van der Waals surface area (Å²) in [4.78, 5) is 12.7. The molecule has 0 fully saturated rings. The van der Waals surface area contributed by atoms with Gasteiger partial charge in [0.05, 0.1) is 12.6 Å². The fraction of sp³-hybridized carbons (Fsp3) is 0.889. The highest BCUT2D eigenvalue weighted by atomic mass is 16.3. The van der Waals surface area contributed by atoms with Gasteiger partial charge in [0.1, 0.15) is 0 Å². The van der Waals surface area contributed by atoms with Gasteiger partial charge >= 0.3 is 0 Å². The van der Waals surface area contributed by atoms with Crippen molar-refractivity contribution >= 4 is 5.91 Å². The van der Waals surface area contributed by atoms with E-state index >= 15 is 0 Å². The fourth-order valence-electron chi connectivity index (χ4n) is 1.01. The number of carbonyl (C=O) groups excluding carboxylic acids is 1. The maximum Gasteiger partial charge on any atom is 0.236 e. The van der Waals surface area contributed by atoms with Crippen LogP contribution in [-0.2, 0) is 4.79 Å². The lowest BCUT2D eigenvalue weighted by Gasteiger charge is -2.16. The van der Waals surface area contributed by atoms with Crippen molar-refractivity contribution in [3.8, 4) is 0 Å². The van der Waals surface area contributed by atoms with Crippen LogP contribution in [0.15, 0.2) is 0 Å². The number of rotatable bonds is 5. The third-order valence-electron chi connectivity index (χ3n) is 1.80. The maximum absolute atomic E-state index is 11.1. The number of nitrogens with one attached hydrogen (secondary N) is 1. The minimum Gasteiger partial charge on any atom is -0.393 e. The summed E-state index contributed by atoms with van der Waals surface area (Å²) in [5.74, 6) is 0.0532. The molecule has 0 saturated carbocycles. The first-order valence-electron chi connectivity index (χ1n) is 4.55. The van der Waals surface area contributed by atoms with Gasteiger partial charge in [-0.3, -0.25) is 4.79 Å². The van der Waals surface area contributed by atoms with Gasteiger partial charge in [0.15, 0.2) is 0 Å². The summed E-state index contributed by atoms with van der Waals surface area (Å²) in [5.41, 5.74) is 0. The van der Waals surface area contributed by atoms with Crippen LogP contribution in [0, 0.1) is 0 Å². The van der Waals surface area contributed by atoms with Crippen molar-refractivity contribution in [1.82, 2.24) is 10.2 Å². The molecule has 2 N–H and O–H groups in total. The Bertz CT molecular complexity index is 158. The second kappa shape index (κ2) is 5.94.